The minimum absolute atomic E-state index is 0.0681. The predicted octanol–water partition coefficient (Wildman–Crippen LogP) is 4.52. The van der Waals surface area contributed by atoms with E-state index in [1.165, 1.54) is 0 Å². The Hall–Kier alpha value is -3.67. The number of hydrogen-bond donors (Lipinski definition) is 1. The van der Waals surface area contributed by atoms with Gasteiger partial charge in [-0.25, -0.2) is 4.98 Å². The van der Waals surface area contributed by atoms with Crippen molar-refractivity contribution in [3.8, 4) is 17.2 Å². The van der Waals surface area contributed by atoms with Gasteiger partial charge in [0, 0.05) is 17.4 Å². The Balaban J connectivity index is 1.52. The monoisotopic (exact) mass is 373 g/mol. The van der Waals surface area contributed by atoms with Crippen molar-refractivity contribution in [1.82, 2.24) is 9.97 Å². The van der Waals surface area contributed by atoms with Crippen LogP contribution < -0.4 is 10.1 Å². The van der Waals surface area contributed by atoms with Gasteiger partial charge in [0.25, 0.3) is 5.91 Å². The fraction of sp³-hybridized carbons (Fsp3) is 0.136. The number of carbonyl (C=O) groups is 1. The molecule has 0 saturated carbocycles. The van der Waals surface area contributed by atoms with Crippen molar-refractivity contribution < 1.29 is 13.9 Å². The number of carbonyl (C=O) groups excluding carboxylic acids is 1. The van der Waals surface area contributed by atoms with Gasteiger partial charge in [-0.15, -0.1) is 0 Å². The maximum absolute atomic E-state index is 12.4. The second-order valence-electron chi connectivity index (χ2n) is 6.42. The van der Waals surface area contributed by atoms with Crippen LogP contribution in [0.2, 0.25) is 0 Å². The third-order valence-corrected chi connectivity index (χ3v) is 4.46. The van der Waals surface area contributed by atoms with Gasteiger partial charge in [-0.05, 0) is 55.3 Å². The maximum Gasteiger partial charge on any atom is 0.262 e. The molecule has 0 fully saturated rings. The first-order valence-electron chi connectivity index (χ1n) is 8.91. The van der Waals surface area contributed by atoms with E-state index in [-0.39, 0.29) is 12.5 Å². The van der Waals surface area contributed by atoms with Crippen molar-refractivity contribution in [3.63, 3.8) is 0 Å². The summed E-state index contributed by atoms with van der Waals surface area (Å²) in [6.45, 7) is 3.78. The highest BCUT2D eigenvalue weighted by Gasteiger charge is 2.14. The largest absolute Gasteiger partial charge is 0.483 e. The zero-order chi connectivity index (χ0) is 19.5. The third kappa shape index (κ3) is 3.57. The standard InChI is InChI=1S/C22H19N3O3/c1-14-7-3-4-10-18(14)27-13-20(26)24-17-9-5-8-16(15(17)2)22-25-21-19(28-22)11-6-12-23-21/h3-12H,13H2,1-2H3,(H,24,26). The molecule has 0 aliphatic rings. The average molecular weight is 373 g/mol. The van der Waals surface area contributed by atoms with Crippen molar-refractivity contribution in [2.45, 2.75) is 13.8 Å². The van der Waals surface area contributed by atoms with Crippen LogP contribution in [0.3, 0.4) is 0 Å². The smallest absolute Gasteiger partial charge is 0.262 e. The van der Waals surface area contributed by atoms with Crippen molar-refractivity contribution in [2.24, 2.45) is 0 Å². The maximum atomic E-state index is 12.4. The van der Waals surface area contributed by atoms with Crippen molar-refractivity contribution >= 4 is 22.8 Å². The number of aryl methyl sites for hydroxylation is 1. The number of ether oxygens (including phenoxy) is 1. The molecule has 6 heteroatoms. The van der Waals surface area contributed by atoms with E-state index < -0.39 is 0 Å². The Bertz CT molecular complexity index is 1120. The number of rotatable bonds is 5. The first kappa shape index (κ1) is 17.7. The number of oxazole rings is 1. The molecule has 28 heavy (non-hydrogen) atoms. The first-order valence-corrected chi connectivity index (χ1v) is 8.91. The summed E-state index contributed by atoms with van der Waals surface area (Å²) < 4.78 is 11.4. The lowest BCUT2D eigenvalue weighted by Crippen LogP contribution is -2.21. The SMILES string of the molecule is Cc1ccccc1OCC(=O)Nc1cccc(-c2nc3ncccc3o2)c1C. The summed E-state index contributed by atoms with van der Waals surface area (Å²) >= 11 is 0. The summed E-state index contributed by atoms with van der Waals surface area (Å²) in [6, 6.07) is 16.8. The van der Waals surface area contributed by atoms with E-state index in [0.29, 0.717) is 28.6 Å². The summed E-state index contributed by atoms with van der Waals surface area (Å²) in [5.41, 5.74) is 4.51. The number of aromatic nitrogens is 2. The zero-order valence-corrected chi connectivity index (χ0v) is 15.6. The fourth-order valence-electron chi connectivity index (χ4n) is 2.93. The van der Waals surface area contributed by atoms with Crippen LogP contribution in [0.5, 0.6) is 5.75 Å². The van der Waals surface area contributed by atoms with Crippen LogP contribution in [-0.4, -0.2) is 22.5 Å². The fourth-order valence-corrected chi connectivity index (χ4v) is 2.93. The van der Waals surface area contributed by atoms with Gasteiger partial charge in [0.2, 0.25) is 5.89 Å². The lowest BCUT2D eigenvalue weighted by atomic mass is 10.1. The molecule has 1 amide bonds. The molecule has 4 rings (SSSR count). The molecular formula is C22H19N3O3. The van der Waals surface area contributed by atoms with Gasteiger partial charge >= 0.3 is 0 Å². The van der Waals surface area contributed by atoms with E-state index in [4.69, 9.17) is 9.15 Å². The zero-order valence-electron chi connectivity index (χ0n) is 15.6. The predicted molar refractivity (Wildman–Crippen MR) is 107 cm³/mol. The Labute approximate surface area is 162 Å². The third-order valence-electron chi connectivity index (χ3n) is 4.46. The highest BCUT2D eigenvalue weighted by atomic mass is 16.5. The molecule has 0 bridgehead atoms. The minimum atomic E-state index is -0.234. The lowest BCUT2D eigenvalue weighted by Gasteiger charge is -2.12. The number of nitrogens with zero attached hydrogens (tertiary/aromatic N) is 2. The highest BCUT2D eigenvalue weighted by Crippen LogP contribution is 2.30. The van der Waals surface area contributed by atoms with Gasteiger partial charge < -0.3 is 14.5 Å². The second-order valence-corrected chi connectivity index (χ2v) is 6.42. The Morgan fingerprint density at radius 1 is 1.07 bits per heavy atom. The van der Waals surface area contributed by atoms with Crippen molar-refractivity contribution in [1.29, 1.82) is 0 Å². The van der Waals surface area contributed by atoms with E-state index in [1.807, 2.05) is 62.4 Å². The molecule has 1 N–H and O–H groups in total. The first-order chi connectivity index (χ1) is 13.6. The average Bonchev–Trinajstić information content (AvgIpc) is 3.13. The van der Waals surface area contributed by atoms with E-state index >= 15 is 0 Å². The molecule has 140 valence electrons. The molecule has 0 saturated heterocycles. The van der Waals surface area contributed by atoms with E-state index in [2.05, 4.69) is 15.3 Å². The molecule has 0 aliphatic heterocycles. The molecule has 2 aromatic heterocycles. The quantitative estimate of drug-likeness (QED) is 0.556. The van der Waals surface area contributed by atoms with Gasteiger partial charge in [0.15, 0.2) is 17.8 Å². The number of pyridine rings is 1. The van der Waals surface area contributed by atoms with Crippen LogP contribution in [0.15, 0.2) is 65.2 Å². The van der Waals surface area contributed by atoms with Crippen LogP contribution in [0, 0.1) is 13.8 Å². The Morgan fingerprint density at radius 2 is 1.93 bits per heavy atom. The number of hydrogen-bond acceptors (Lipinski definition) is 5. The minimum Gasteiger partial charge on any atom is -0.483 e. The van der Waals surface area contributed by atoms with Gasteiger partial charge in [-0.2, -0.15) is 4.98 Å². The number of para-hydroxylation sites is 1. The summed E-state index contributed by atoms with van der Waals surface area (Å²) in [5, 5.41) is 2.89. The van der Waals surface area contributed by atoms with Crippen LogP contribution in [0.25, 0.3) is 22.7 Å². The van der Waals surface area contributed by atoms with Gasteiger partial charge in [-0.1, -0.05) is 24.3 Å². The van der Waals surface area contributed by atoms with Crippen LogP contribution >= 0.6 is 0 Å². The molecule has 6 nitrogen and oxygen atoms in total. The molecule has 0 spiro atoms. The lowest BCUT2D eigenvalue weighted by molar-refractivity contribution is -0.118. The van der Waals surface area contributed by atoms with Crippen molar-refractivity contribution in [2.75, 3.05) is 11.9 Å². The van der Waals surface area contributed by atoms with E-state index in [0.717, 1.165) is 16.7 Å². The topological polar surface area (TPSA) is 77.2 Å². The summed E-state index contributed by atoms with van der Waals surface area (Å²) in [7, 11) is 0. The van der Waals surface area contributed by atoms with Crippen LogP contribution in [0.1, 0.15) is 11.1 Å². The molecule has 4 aromatic rings. The normalized spacial score (nSPS) is 10.8. The second kappa shape index (κ2) is 7.52. The van der Waals surface area contributed by atoms with Crippen LogP contribution in [0.4, 0.5) is 5.69 Å². The highest BCUT2D eigenvalue weighted by molar-refractivity contribution is 5.93. The summed E-state index contributed by atoms with van der Waals surface area (Å²) in [4.78, 5) is 21.0. The number of nitrogens with one attached hydrogen (secondary N) is 1. The summed E-state index contributed by atoms with van der Waals surface area (Å²) in [5.74, 6) is 0.934. The summed E-state index contributed by atoms with van der Waals surface area (Å²) in [6.07, 6.45) is 1.67. The molecule has 2 heterocycles. The molecule has 2 aromatic carbocycles. The molecular weight excluding hydrogens is 354 g/mol. The number of fused-ring (bicyclic) bond motifs is 1. The number of benzene rings is 2. The molecule has 0 unspecified atom stereocenters. The van der Waals surface area contributed by atoms with E-state index in [9.17, 15) is 4.79 Å². The molecule has 0 atom stereocenters. The van der Waals surface area contributed by atoms with Crippen LogP contribution in [-0.2, 0) is 4.79 Å². The van der Waals surface area contributed by atoms with Gasteiger partial charge in [0.05, 0.1) is 0 Å². The molecule has 0 aliphatic carbocycles. The number of amides is 1. The Morgan fingerprint density at radius 3 is 2.75 bits per heavy atom. The van der Waals surface area contributed by atoms with Gasteiger partial charge in [-0.3, -0.25) is 4.79 Å². The van der Waals surface area contributed by atoms with E-state index in [1.54, 1.807) is 12.3 Å². The van der Waals surface area contributed by atoms with Crippen molar-refractivity contribution in [3.05, 3.63) is 71.9 Å². The molecule has 0 radical (unpaired) electrons. The van der Waals surface area contributed by atoms with Gasteiger partial charge in [0.1, 0.15) is 5.75 Å². The Kier molecular flexibility index (Phi) is 4.76. The number of anilines is 1.